The fourth-order valence-electron chi connectivity index (χ4n) is 1.76. The molecule has 0 radical (unpaired) electrons. The highest BCUT2D eigenvalue weighted by atomic mass is 16.5. The number of rotatable bonds is 7. The summed E-state index contributed by atoms with van der Waals surface area (Å²) in [6, 6.07) is 4.77. The Labute approximate surface area is 113 Å². The highest BCUT2D eigenvalue weighted by molar-refractivity contribution is 5.92. The number of carbonyl (C=O) groups is 1. The molecule has 106 valence electrons. The summed E-state index contributed by atoms with van der Waals surface area (Å²) in [6.45, 7) is 2.72. The number of ether oxygens (including phenoxy) is 1. The van der Waals surface area contributed by atoms with Crippen LogP contribution in [0.3, 0.4) is 0 Å². The molecule has 1 amide bonds. The van der Waals surface area contributed by atoms with Crippen molar-refractivity contribution in [2.75, 3.05) is 19.0 Å². The van der Waals surface area contributed by atoms with Crippen LogP contribution in [0.15, 0.2) is 18.2 Å². The van der Waals surface area contributed by atoms with Crippen LogP contribution in [0.5, 0.6) is 11.5 Å². The predicted molar refractivity (Wildman–Crippen MR) is 75.4 cm³/mol. The van der Waals surface area contributed by atoms with Gasteiger partial charge in [-0.25, -0.2) is 0 Å². The number of amides is 1. The molecular formula is C14H22N2O3. The van der Waals surface area contributed by atoms with Gasteiger partial charge in [0, 0.05) is 12.5 Å². The lowest BCUT2D eigenvalue weighted by Gasteiger charge is -2.11. The molecule has 1 atom stereocenters. The van der Waals surface area contributed by atoms with E-state index in [9.17, 15) is 9.90 Å². The highest BCUT2D eigenvalue weighted by Crippen LogP contribution is 2.28. The molecule has 5 heteroatoms. The molecule has 1 aromatic rings. The van der Waals surface area contributed by atoms with Gasteiger partial charge in [0.1, 0.15) is 11.5 Å². The topological polar surface area (TPSA) is 84.6 Å². The number of hydrogen-bond donors (Lipinski definition) is 3. The van der Waals surface area contributed by atoms with Crippen LogP contribution in [0.1, 0.15) is 26.2 Å². The summed E-state index contributed by atoms with van der Waals surface area (Å²) >= 11 is 0. The van der Waals surface area contributed by atoms with Gasteiger partial charge in [-0.05, 0) is 37.4 Å². The molecule has 5 nitrogen and oxygen atoms in total. The van der Waals surface area contributed by atoms with E-state index in [1.165, 1.54) is 13.2 Å². The molecule has 1 rings (SSSR count). The second-order valence-corrected chi connectivity index (χ2v) is 4.65. The normalized spacial score (nSPS) is 11.9. The summed E-state index contributed by atoms with van der Waals surface area (Å²) in [6.07, 6.45) is 2.13. The van der Waals surface area contributed by atoms with Gasteiger partial charge in [0.05, 0.1) is 12.8 Å². The number of methoxy groups -OCH3 is 1. The molecule has 0 fully saturated rings. The first kappa shape index (κ1) is 15.3. The number of aromatic hydroxyl groups is 1. The third-order valence-corrected chi connectivity index (χ3v) is 3.00. The van der Waals surface area contributed by atoms with Gasteiger partial charge in [0.2, 0.25) is 5.91 Å². The molecule has 0 bridgehead atoms. The minimum Gasteiger partial charge on any atom is -0.506 e. The van der Waals surface area contributed by atoms with Crippen LogP contribution in [0, 0.1) is 5.92 Å². The zero-order valence-corrected chi connectivity index (χ0v) is 11.5. The zero-order valence-electron chi connectivity index (χ0n) is 11.5. The summed E-state index contributed by atoms with van der Waals surface area (Å²) in [5.41, 5.74) is 5.86. The number of carbonyl (C=O) groups excluding carboxylic acids is 1. The van der Waals surface area contributed by atoms with E-state index in [1.807, 2.05) is 0 Å². The van der Waals surface area contributed by atoms with Gasteiger partial charge in [-0.3, -0.25) is 4.79 Å². The first-order chi connectivity index (χ1) is 9.06. The number of phenolic OH excluding ortho intramolecular Hbond substituents is 1. The zero-order chi connectivity index (χ0) is 14.3. The number of nitrogens with one attached hydrogen (secondary N) is 1. The largest absolute Gasteiger partial charge is 0.506 e. The molecule has 1 aromatic carbocycles. The van der Waals surface area contributed by atoms with Crippen molar-refractivity contribution in [2.24, 2.45) is 11.7 Å². The van der Waals surface area contributed by atoms with Crippen molar-refractivity contribution in [2.45, 2.75) is 26.2 Å². The third kappa shape index (κ3) is 5.18. The van der Waals surface area contributed by atoms with Crippen LogP contribution in [-0.4, -0.2) is 24.7 Å². The summed E-state index contributed by atoms with van der Waals surface area (Å²) < 4.78 is 4.98. The Hall–Kier alpha value is -1.75. The summed E-state index contributed by atoms with van der Waals surface area (Å²) in [5.74, 6) is 0.874. The van der Waals surface area contributed by atoms with E-state index in [4.69, 9.17) is 10.5 Å². The Bertz CT molecular complexity index is 421. The molecule has 19 heavy (non-hydrogen) atoms. The summed E-state index contributed by atoms with van der Waals surface area (Å²) in [4.78, 5) is 11.7. The van der Waals surface area contributed by atoms with E-state index in [-0.39, 0.29) is 11.7 Å². The maximum Gasteiger partial charge on any atom is 0.224 e. The second-order valence-electron chi connectivity index (χ2n) is 4.65. The van der Waals surface area contributed by atoms with Crippen molar-refractivity contribution in [3.63, 3.8) is 0 Å². The fourth-order valence-corrected chi connectivity index (χ4v) is 1.76. The van der Waals surface area contributed by atoms with Gasteiger partial charge in [-0.1, -0.05) is 6.92 Å². The molecule has 1 unspecified atom stereocenters. The predicted octanol–water partition coefficient (Wildman–Crippen LogP) is 2.10. The average Bonchev–Trinajstić information content (AvgIpc) is 2.39. The number of nitrogens with two attached hydrogens (primary N) is 1. The van der Waals surface area contributed by atoms with Crippen molar-refractivity contribution in [3.8, 4) is 11.5 Å². The van der Waals surface area contributed by atoms with E-state index < -0.39 is 0 Å². The summed E-state index contributed by atoms with van der Waals surface area (Å²) in [7, 11) is 1.52. The standard InChI is InChI=1S/C14H22N2O3/c1-10(7-8-15)3-6-14(18)16-12-5-4-11(19-2)9-13(12)17/h4-5,9-10,17H,3,6-8,15H2,1-2H3,(H,16,18). The van der Waals surface area contributed by atoms with Crippen molar-refractivity contribution in [3.05, 3.63) is 18.2 Å². The van der Waals surface area contributed by atoms with Crippen molar-refractivity contribution >= 4 is 11.6 Å². The molecule has 0 aromatic heterocycles. The Kier molecular flexibility index (Phi) is 6.15. The monoisotopic (exact) mass is 266 g/mol. The Morgan fingerprint density at radius 3 is 2.79 bits per heavy atom. The van der Waals surface area contributed by atoms with Crippen molar-refractivity contribution in [1.82, 2.24) is 0 Å². The molecule has 0 aliphatic rings. The number of phenols is 1. The van der Waals surface area contributed by atoms with Gasteiger partial charge < -0.3 is 20.9 Å². The smallest absolute Gasteiger partial charge is 0.224 e. The second kappa shape index (κ2) is 7.63. The quantitative estimate of drug-likeness (QED) is 0.660. The highest BCUT2D eigenvalue weighted by Gasteiger charge is 2.09. The molecule has 4 N–H and O–H groups in total. The van der Waals surface area contributed by atoms with Crippen LogP contribution in [0.25, 0.3) is 0 Å². The van der Waals surface area contributed by atoms with E-state index in [1.54, 1.807) is 12.1 Å². The summed E-state index contributed by atoms with van der Waals surface area (Å²) in [5, 5.41) is 12.4. The van der Waals surface area contributed by atoms with Gasteiger partial charge >= 0.3 is 0 Å². The lowest BCUT2D eigenvalue weighted by Crippen LogP contribution is -2.14. The fraction of sp³-hybridized carbons (Fsp3) is 0.500. The van der Waals surface area contributed by atoms with Crippen LogP contribution < -0.4 is 15.8 Å². The first-order valence-corrected chi connectivity index (χ1v) is 6.43. The van der Waals surface area contributed by atoms with E-state index >= 15 is 0 Å². The van der Waals surface area contributed by atoms with Gasteiger partial charge in [-0.15, -0.1) is 0 Å². The van der Waals surface area contributed by atoms with Crippen molar-refractivity contribution in [1.29, 1.82) is 0 Å². The van der Waals surface area contributed by atoms with E-state index in [0.29, 0.717) is 30.3 Å². The first-order valence-electron chi connectivity index (χ1n) is 6.43. The number of anilines is 1. The molecule has 0 spiro atoms. The Morgan fingerprint density at radius 2 is 2.21 bits per heavy atom. The van der Waals surface area contributed by atoms with Gasteiger partial charge in [0.25, 0.3) is 0 Å². The molecular weight excluding hydrogens is 244 g/mol. The van der Waals surface area contributed by atoms with Crippen molar-refractivity contribution < 1.29 is 14.6 Å². The van der Waals surface area contributed by atoms with Crippen LogP contribution >= 0.6 is 0 Å². The minimum absolute atomic E-state index is 0.00251. The Balaban J connectivity index is 2.48. The van der Waals surface area contributed by atoms with E-state index in [0.717, 1.165) is 12.8 Å². The molecule has 0 saturated carbocycles. The maximum atomic E-state index is 11.7. The number of benzene rings is 1. The lowest BCUT2D eigenvalue weighted by molar-refractivity contribution is -0.116. The third-order valence-electron chi connectivity index (χ3n) is 3.00. The van der Waals surface area contributed by atoms with Gasteiger partial charge in [0.15, 0.2) is 0 Å². The molecule has 0 aliphatic carbocycles. The SMILES string of the molecule is COc1ccc(NC(=O)CCC(C)CCN)c(O)c1. The molecule has 0 aliphatic heterocycles. The Morgan fingerprint density at radius 1 is 1.47 bits per heavy atom. The maximum absolute atomic E-state index is 11.7. The molecule has 0 saturated heterocycles. The van der Waals surface area contributed by atoms with E-state index in [2.05, 4.69) is 12.2 Å². The lowest BCUT2D eigenvalue weighted by atomic mass is 10.0. The van der Waals surface area contributed by atoms with Crippen LogP contribution in [0.2, 0.25) is 0 Å². The van der Waals surface area contributed by atoms with Crippen LogP contribution in [0.4, 0.5) is 5.69 Å². The minimum atomic E-state index is -0.107. The average molecular weight is 266 g/mol. The van der Waals surface area contributed by atoms with Gasteiger partial charge in [-0.2, -0.15) is 0 Å². The van der Waals surface area contributed by atoms with Crippen LogP contribution in [-0.2, 0) is 4.79 Å². The number of hydrogen-bond acceptors (Lipinski definition) is 4. The molecule has 0 heterocycles.